The minimum Gasteiger partial charge on any atom is -0.493 e. The maximum Gasteiger partial charge on any atom is 0.325 e. The summed E-state index contributed by atoms with van der Waals surface area (Å²) in [6, 6.07) is 6.53. The van der Waals surface area contributed by atoms with Crippen LogP contribution in [0.5, 0.6) is 5.88 Å². The second kappa shape index (κ2) is 6.00. The third kappa shape index (κ3) is 3.08. The molecule has 25 heavy (non-hydrogen) atoms. The number of H-pyrrole nitrogens is 1. The molecule has 1 fully saturated rings. The van der Waals surface area contributed by atoms with Crippen LogP contribution in [0, 0.1) is 0 Å². The van der Waals surface area contributed by atoms with Gasteiger partial charge < -0.3 is 15.4 Å². The highest BCUT2D eigenvalue weighted by molar-refractivity contribution is 6.06. The molecule has 0 bridgehead atoms. The molecule has 0 spiro atoms. The standard InChI is InChI=1S/C16H17N5O4/c1-16(2)14(24)21(15(25)18-16)8-7-11(22)19-20-12-9-5-3-4-6-10(9)17-13(12)23/h3-6,17,23H,7-8H2,1-2H3,(H,18,25). The zero-order valence-corrected chi connectivity index (χ0v) is 13.7. The van der Waals surface area contributed by atoms with E-state index in [9.17, 15) is 19.5 Å². The molecule has 0 aliphatic carbocycles. The Morgan fingerprint density at radius 1 is 1.28 bits per heavy atom. The van der Waals surface area contributed by atoms with Crippen molar-refractivity contribution < 1.29 is 19.5 Å². The number of nitrogens with one attached hydrogen (secondary N) is 2. The summed E-state index contributed by atoms with van der Waals surface area (Å²) in [7, 11) is 0. The number of amides is 4. The Bertz CT molecular complexity index is 899. The normalized spacial score (nSPS) is 16.8. The van der Waals surface area contributed by atoms with Gasteiger partial charge in [0.1, 0.15) is 5.54 Å². The van der Waals surface area contributed by atoms with Gasteiger partial charge in [-0.3, -0.25) is 14.5 Å². The number of aromatic nitrogens is 1. The molecule has 1 saturated heterocycles. The smallest absolute Gasteiger partial charge is 0.325 e. The summed E-state index contributed by atoms with van der Waals surface area (Å²) in [5, 5.41) is 20.4. The first kappa shape index (κ1) is 16.6. The number of carbonyl (C=O) groups excluding carboxylic acids is 3. The number of benzene rings is 1. The topological polar surface area (TPSA) is 127 Å². The van der Waals surface area contributed by atoms with Crippen LogP contribution in [0.2, 0.25) is 0 Å². The zero-order chi connectivity index (χ0) is 18.2. The molecule has 1 aliphatic rings. The van der Waals surface area contributed by atoms with Gasteiger partial charge in [0.25, 0.3) is 11.8 Å². The second-order valence-electron chi connectivity index (χ2n) is 6.22. The zero-order valence-electron chi connectivity index (χ0n) is 13.7. The first-order valence-corrected chi connectivity index (χ1v) is 7.68. The van der Waals surface area contributed by atoms with Crippen molar-refractivity contribution in [3.63, 3.8) is 0 Å². The fourth-order valence-corrected chi connectivity index (χ4v) is 2.60. The van der Waals surface area contributed by atoms with Crippen LogP contribution in [-0.2, 0) is 9.59 Å². The summed E-state index contributed by atoms with van der Waals surface area (Å²) in [5.74, 6) is -1.18. The summed E-state index contributed by atoms with van der Waals surface area (Å²) in [6.45, 7) is 3.11. The Labute approximate surface area is 142 Å². The molecule has 3 N–H and O–H groups in total. The van der Waals surface area contributed by atoms with Gasteiger partial charge in [0.05, 0.1) is 5.52 Å². The number of hydrogen-bond acceptors (Lipinski definition) is 5. The van der Waals surface area contributed by atoms with E-state index in [-0.39, 0.29) is 24.5 Å². The second-order valence-corrected chi connectivity index (χ2v) is 6.22. The van der Waals surface area contributed by atoms with Crippen molar-refractivity contribution in [3.8, 4) is 5.88 Å². The summed E-state index contributed by atoms with van der Waals surface area (Å²) < 4.78 is 0. The third-order valence-electron chi connectivity index (χ3n) is 3.91. The minimum absolute atomic E-state index is 0.0776. The third-order valence-corrected chi connectivity index (χ3v) is 3.91. The number of fused-ring (bicyclic) bond motifs is 1. The molecule has 4 amide bonds. The number of azo groups is 1. The van der Waals surface area contributed by atoms with Crippen molar-refractivity contribution in [1.29, 1.82) is 0 Å². The van der Waals surface area contributed by atoms with Crippen LogP contribution in [0.4, 0.5) is 10.5 Å². The summed E-state index contributed by atoms with van der Waals surface area (Å²) in [5.41, 5.74) is -0.139. The molecule has 0 radical (unpaired) electrons. The van der Waals surface area contributed by atoms with Gasteiger partial charge in [-0.25, -0.2) is 4.79 Å². The predicted molar refractivity (Wildman–Crippen MR) is 88.4 cm³/mol. The average Bonchev–Trinajstić information content (AvgIpc) is 2.96. The number of nitrogens with zero attached hydrogens (tertiary/aromatic N) is 3. The highest BCUT2D eigenvalue weighted by Crippen LogP contribution is 2.35. The molecule has 9 nitrogen and oxygen atoms in total. The number of carbonyl (C=O) groups is 3. The fraction of sp³-hybridized carbons (Fsp3) is 0.312. The number of urea groups is 1. The van der Waals surface area contributed by atoms with E-state index in [0.717, 1.165) is 4.90 Å². The number of aromatic amines is 1. The number of para-hydroxylation sites is 1. The fourth-order valence-electron chi connectivity index (χ4n) is 2.60. The molecular weight excluding hydrogens is 326 g/mol. The molecule has 9 heteroatoms. The van der Waals surface area contributed by atoms with Crippen molar-refractivity contribution >= 4 is 34.4 Å². The van der Waals surface area contributed by atoms with E-state index in [2.05, 4.69) is 20.5 Å². The van der Waals surface area contributed by atoms with E-state index in [1.807, 2.05) is 0 Å². The van der Waals surface area contributed by atoms with Crippen LogP contribution in [0.15, 0.2) is 34.5 Å². The van der Waals surface area contributed by atoms with Crippen LogP contribution in [0.1, 0.15) is 20.3 Å². The SMILES string of the molecule is CC1(C)NC(=O)N(CCC(=O)N=Nc2c(O)[nH]c3ccccc23)C1=O. The van der Waals surface area contributed by atoms with E-state index >= 15 is 0 Å². The molecule has 2 heterocycles. The van der Waals surface area contributed by atoms with Crippen LogP contribution >= 0.6 is 0 Å². The first-order chi connectivity index (χ1) is 11.8. The van der Waals surface area contributed by atoms with Gasteiger partial charge in [-0.15, -0.1) is 10.2 Å². The average molecular weight is 343 g/mol. The lowest BCUT2D eigenvalue weighted by molar-refractivity contribution is -0.130. The summed E-state index contributed by atoms with van der Waals surface area (Å²) in [6.07, 6.45) is -0.151. The maximum absolute atomic E-state index is 12.0. The van der Waals surface area contributed by atoms with Crippen LogP contribution in [0.3, 0.4) is 0 Å². The summed E-state index contributed by atoms with van der Waals surface area (Å²) in [4.78, 5) is 39.4. The largest absolute Gasteiger partial charge is 0.493 e. The van der Waals surface area contributed by atoms with E-state index < -0.39 is 23.4 Å². The predicted octanol–water partition coefficient (Wildman–Crippen LogP) is 2.20. The minimum atomic E-state index is -0.975. The van der Waals surface area contributed by atoms with Gasteiger partial charge in [-0.1, -0.05) is 18.2 Å². The van der Waals surface area contributed by atoms with Crippen molar-refractivity contribution in [2.75, 3.05) is 6.54 Å². The lowest BCUT2D eigenvalue weighted by atomic mass is 10.1. The van der Waals surface area contributed by atoms with Crippen molar-refractivity contribution in [1.82, 2.24) is 15.2 Å². The quantitative estimate of drug-likeness (QED) is 0.581. The molecular formula is C16H17N5O4. The van der Waals surface area contributed by atoms with E-state index in [1.165, 1.54) is 0 Å². The van der Waals surface area contributed by atoms with E-state index in [4.69, 9.17) is 0 Å². The molecule has 0 saturated carbocycles. The van der Waals surface area contributed by atoms with Crippen molar-refractivity contribution in [2.24, 2.45) is 10.2 Å². The molecule has 1 aromatic heterocycles. The van der Waals surface area contributed by atoms with Crippen molar-refractivity contribution in [2.45, 2.75) is 25.8 Å². The summed E-state index contributed by atoms with van der Waals surface area (Å²) >= 11 is 0. The van der Waals surface area contributed by atoms with Gasteiger partial charge in [0.2, 0.25) is 5.88 Å². The van der Waals surface area contributed by atoms with Gasteiger partial charge >= 0.3 is 6.03 Å². The van der Waals surface area contributed by atoms with Crippen LogP contribution in [0.25, 0.3) is 10.9 Å². The van der Waals surface area contributed by atoms with Crippen LogP contribution < -0.4 is 5.32 Å². The maximum atomic E-state index is 12.0. The molecule has 1 aliphatic heterocycles. The Balaban J connectivity index is 1.67. The van der Waals surface area contributed by atoms with E-state index in [1.54, 1.807) is 38.1 Å². The molecule has 0 atom stereocenters. The van der Waals surface area contributed by atoms with Crippen LogP contribution in [-0.4, -0.2) is 44.9 Å². The van der Waals surface area contributed by atoms with Crippen molar-refractivity contribution in [3.05, 3.63) is 24.3 Å². The molecule has 3 rings (SSSR count). The number of rotatable bonds is 4. The first-order valence-electron chi connectivity index (χ1n) is 7.68. The molecule has 0 unspecified atom stereocenters. The number of imide groups is 1. The Hall–Kier alpha value is -3.23. The number of aromatic hydroxyl groups is 1. The van der Waals surface area contributed by atoms with Gasteiger partial charge in [0.15, 0.2) is 5.69 Å². The number of hydrogen-bond donors (Lipinski definition) is 3. The Morgan fingerprint density at radius 3 is 2.68 bits per heavy atom. The lowest BCUT2D eigenvalue weighted by Gasteiger charge is -2.14. The molecule has 2 aromatic rings. The molecule has 1 aromatic carbocycles. The monoisotopic (exact) mass is 343 g/mol. The van der Waals surface area contributed by atoms with Gasteiger partial charge in [-0.05, 0) is 19.9 Å². The van der Waals surface area contributed by atoms with Gasteiger partial charge in [-0.2, -0.15) is 0 Å². The Morgan fingerprint density at radius 2 is 2.00 bits per heavy atom. The lowest BCUT2D eigenvalue weighted by Crippen LogP contribution is -2.40. The molecule has 130 valence electrons. The Kier molecular flexibility index (Phi) is 3.99. The van der Waals surface area contributed by atoms with E-state index in [0.29, 0.717) is 10.9 Å². The highest BCUT2D eigenvalue weighted by Gasteiger charge is 2.43. The van der Waals surface area contributed by atoms with Gasteiger partial charge in [0, 0.05) is 18.4 Å². The highest BCUT2D eigenvalue weighted by atomic mass is 16.3.